The number of nitrogens with zero attached hydrogens (tertiary/aromatic N) is 2. The number of aliphatic imine (C=N–C) groups is 1. The van der Waals surface area contributed by atoms with Gasteiger partial charge in [0.1, 0.15) is 18.2 Å². The highest BCUT2D eigenvalue weighted by molar-refractivity contribution is 8.18. The number of amidine groups is 1. The largest absolute Gasteiger partial charge is 0.489 e. The van der Waals surface area contributed by atoms with Crippen molar-refractivity contribution in [3.05, 3.63) is 100 Å². The Bertz CT molecular complexity index is 1540. The highest BCUT2D eigenvalue weighted by Crippen LogP contribution is 2.30. The van der Waals surface area contributed by atoms with Crippen LogP contribution in [0.1, 0.15) is 16.7 Å². The normalized spacial score (nSPS) is 17.9. The van der Waals surface area contributed by atoms with E-state index in [4.69, 9.17) is 4.74 Å². The van der Waals surface area contributed by atoms with E-state index in [9.17, 15) is 22.4 Å². The first-order valence-electron chi connectivity index (χ1n) is 11.4. The van der Waals surface area contributed by atoms with Crippen molar-refractivity contribution in [1.29, 1.82) is 0 Å². The van der Waals surface area contributed by atoms with Gasteiger partial charge in [-0.3, -0.25) is 9.59 Å². The Morgan fingerprint density at radius 2 is 1.68 bits per heavy atom. The fourth-order valence-corrected chi connectivity index (χ4v) is 5.59. The van der Waals surface area contributed by atoms with E-state index < -0.39 is 16.1 Å². The molecule has 0 atom stereocenters. The molecule has 0 spiro atoms. The van der Waals surface area contributed by atoms with Gasteiger partial charge in [0.25, 0.3) is 5.91 Å². The van der Waals surface area contributed by atoms with Crippen LogP contribution in [0.3, 0.4) is 0 Å². The van der Waals surface area contributed by atoms with Crippen molar-refractivity contribution in [2.24, 2.45) is 4.99 Å². The summed E-state index contributed by atoms with van der Waals surface area (Å²) in [7, 11) is -3.79. The Morgan fingerprint density at radius 3 is 2.34 bits per heavy atom. The SMILES string of the molecule is O=C1CN(Cc2ccc(NC3=NC(=O)/C(=C/c4ccc(OCc5ccc(F)cc5)cc4)S3)cc2)S(=O)(=O)N1. The van der Waals surface area contributed by atoms with Crippen molar-refractivity contribution in [1.82, 2.24) is 9.03 Å². The molecule has 3 aromatic carbocycles. The third kappa shape index (κ3) is 6.28. The van der Waals surface area contributed by atoms with Crippen LogP contribution in [0.4, 0.5) is 10.1 Å². The molecule has 0 bridgehead atoms. The van der Waals surface area contributed by atoms with Crippen LogP contribution in [0.25, 0.3) is 6.08 Å². The number of benzene rings is 3. The van der Waals surface area contributed by atoms with Crippen LogP contribution < -0.4 is 14.8 Å². The maximum absolute atomic E-state index is 13.0. The second-order valence-electron chi connectivity index (χ2n) is 8.44. The summed E-state index contributed by atoms with van der Waals surface area (Å²) in [5.74, 6) is -0.564. The molecular weight excluding hydrogens is 531 g/mol. The van der Waals surface area contributed by atoms with Crippen molar-refractivity contribution >= 4 is 50.7 Å². The number of ether oxygens (including phenoxy) is 1. The topological polar surface area (TPSA) is 117 Å². The van der Waals surface area contributed by atoms with Gasteiger partial charge in [-0.25, -0.2) is 9.11 Å². The maximum atomic E-state index is 13.0. The maximum Gasteiger partial charge on any atom is 0.304 e. The van der Waals surface area contributed by atoms with Gasteiger partial charge < -0.3 is 10.1 Å². The summed E-state index contributed by atoms with van der Waals surface area (Å²) in [6.07, 6.45) is 1.74. The Hall–Kier alpha value is -4.00. The van der Waals surface area contributed by atoms with Crippen LogP contribution in [0, 0.1) is 5.82 Å². The van der Waals surface area contributed by atoms with E-state index in [1.165, 1.54) is 23.9 Å². The zero-order chi connectivity index (χ0) is 26.7. The lowest BCUT2D eigenvalue weighted by molar-refractivity contribution is -0.118. The number of carbonyl (C=O) groups excluding carboxylic acids is 2. The minimum absolute atomic E-state index is 0.0679. The molecule has 9 nitrogen and oxygen atoms in total. The standard InChI is InChI=1S/C26H21FN4O5S2/c27-20-7-1-19(2-8-20)16-36-22-11-5-17(6-12-22)13-23-25(33)29-26(37-23)28-21-9-3-18(4-10-21)14-31-15-24(32)30-38(31,34)35/h1-13H,14-16H2,(H,30,32)(H,28,29,33)/b23-13-. The first kappa shape index (κ1) is 25.6. The minimum atomic E-state index is -3.79. The van der Waals surface area contributed by atoms with E-state index in [1.54, 1.807) is 54.6 Å². The molecule has 2 amide bonds. The number of nitrogens with one attached hydrogen (secondary N) is 2. The lowest BCUT2D eigenvalue weighted by Crippen LogP contribution is -2.29. The molecule has 2 aliphatic heterocycles. The molecule has 2 heterocycles. The molecular formula is C26H21FN4O5S2. The van der Waals surface area contributed by atoms with E-state index in [-0.39, 0.29) is 24.8 Å². The number of rotatable bonds is 7. The second-order valence-corrected chi connectivity index (χ2v) is 11.1. The predicted molar refractivity (Wildman–Crippen MR) is 143 cm³/mol. The number of hydrogen-bond donors (Lipinski definition) is 2. The summed E-state index contributed by atoms with van der Waals surface area (Å²) >= 11 is 1.21. The molecule has 2 aliphatic rings. The van der Waals surface area contributed by atoms with Gasteiger partial charge in [-0.2, -0.15) is 17.7 Å². The van der Waals surface area contributed by atoms with Crippen LogP contribution >= 0.6 is 11.8 Å². The molecule has 3 aromatic rings. The first-order chi connectivity index (χ1) is 18.2. The van der Waals surface area contributed by atoms with Crippen LogP contribution in [0.2, 0.25) is 0 Å². The van der Waals surface area contributed by atoms with Crippen molar-refractivity contribution in [3.63, 3.8) is 0 Å². The third-order valence-electron chi connectivity index (χ3n) is 5.58. The number of amides is 2. The van der Waals surface area contributed by atoms with E-state index in [2.05, 4.69) is 10.3 Å². The molecule has 0 saturated carbocycles. The molecule has 0 radical (unpaired) electrons. The highest BCUT2D eigenvalue weighted by atomic mass is 32.2. The monoisotopic (exact) mass is 552 g/mol. The van der Waals surface area contributed by atoms with Gasteiger partial charge in [-0.15, -0.1) is 0 Å². The average molecular weight is 553 g/mol. The zero-order valence-electron chi connectivity index (χ0n) is 19.8. The summed E-state index contributed by atoms with van der Waals surface area (Å²) in [6.45, 7) is 0.171. The summed E-state index contributed by atoms with van der Waals surface area (Å²) in [5.41, 5.74) is 3.04. The van der Waals surface area contributed by atoms with Gasteiger partial charge in [-0.05, 0) is 70.9 Å². The Morgan fingerprint density at radius 1 is 1.00 bits per heavy atom. The summed E-state index contributed by atoms with van der Waals surface area (Å²) < 4.78 is 45.5. The lowest BCUT2D eigenvalue weighted by Gasteiger charge is -2.12. The third-order valence-corrected chi connectivity index (χ3v) is 7.91. The molecule has 5 rings (SSSR count). The van der Waals surface area contributed by atoms with Gasteiger partial charge >= 0.3 is 10.2 Å². The van der Waals surface area contributed by atoms with Crippen molar-refractivity contribution in [2.75, 3.05) is 11.9 Å². The van der Waals surface area contributed by atoms with E-state index in [0.717, 1.165) is 15.4 Å². The van der Waals surface area contributed by atoms with Crippen molar-refractivity contribution in [2.45, 2.75) is 13.2 Å². The number of hydrogen-bond acceptors (Lipinski definition) is 7. The van der Waals surface area contributed by atoms with Gasteiger partial charge in [0.2, 0.25) is 5.91 Å². The Kier molecular flexibility index (Phi) is 7.27. The Balaban J connectivity index is 1.15. The number of thioether (sulfide) groups is 1. The molecule has 0 unspecified atom stereocenters. The molecule has 1 fully saturated rings. The second kappa shape index (κ2) is 10.8. The average Bonchev–Trinajstić information content (AvgIpc) is 3.36. The van der Waals surface area contributed by atoms with E-state index in [0.29, 0.717) is 33.7 Å². The molecule has 0 aromatic heterocycles. The zero-order valence-corrected chi connectivity index (χ0v) is 21.4. The van der Waals surface area contributed by atoms with Crippen LogP contribution in [0.5, 0.6) is 5.75 Å². The predicted octanol–water partition coefficient (Wildman–Crippen LogP) is 3.66. The molecule has 38 heavy (non-hydrogen) atoms. The molecule has 194 valence electrons. The smallest absolute Gasteiger partial charge is 0.304 e. The van der Waals surface area contributed by atoms with Crippen molar-refractivity contribution in [3.8, 4) is 5.75 Å². The molecule has 0 aliphatic carbocycles. The van der Waals surface area contributed by atoms with Crippen LogP contribution in [-0.4, -0.2) is 36.2 Å². The fourth-order valence-electron chi connectivity index (χ4n) is 3.67. The van der Waals surface area contributed by atoms with Crippen LogP contribution in [-0.2, 0) is 33.0 Å². The van der Waals surface area contributed by atoms with Gasteiger partial charge in [0.05, 0.1) is 11.4 Å². The highest BCUT2D eigenvalue weighted by Gasteiger charge is 2.33. The van der Waals surface area contributed by atoms with Crippen LogP contribution in [0.15, 0.2) is 82.7 Å². The first-order valence-corrected chi connectivity index (χ1v) is 13.7. The summed E-state index contributed by atoms with van der Waals surface area (Å²) in [4.78, 5) is 28.3. The molecule has 2 N–H and O–H groups in total. The minimum Gasteiger partial charge on any atom is -0.489 e. The van der Waals surface area contributed by atoms with E-state index in [1.807, 2.05) is 16.9 Å². The van der Waals surface area contributed by atoms with Crippen molar-refractivity contribution < 1.29 is 27.1 Å². The van der Waals surface area contributed by atoms with Gasteiger partial charge in [-0.1, -0.05) is 36.4 Å². The lowest BCUT2D eigenvalue weighted by atomic mass is 10.2. The van der Waals surface area contributed by atoms with Gasteiger partial charge in [0, 0.05) is 12.2 Å². The Labute approximate surface area is 222 Å². The van der Waals surface area contributed by atoms with E-state index >= 15 is 0 Å². The summed E-state index contributed by atoms with van der Waals surface area (Å²) in [5, 5.41) is 3.51. The number of carbonyl (C=O) groups is 2. The summed E-state index contributed by atoms with van der Waals surface area (Å²) in [6, 6.07) is 20.3. The van der Waals surface area contributed by atoms with Gasteiger partial charge in [0.15, 0.2) is 5.17 Å². The quantitative estimate of drug-likeness (QED) is 0.430. The fraction of sp³-hybridized carbons (Fsp3) is 0.115. The molecule has 1 saturated heterocycles. The number of halogens is 1. The number of anilines is 1. The molecule has 12 heteroatoms.